The maximum atomic E-state index is 2.41. The predicted octanol–water partition coefficient (Wildman–Crippen LogP) is 15.6. The number of anilines is 3. The van der Waals surface area contributed by atoms with E-state index in [1.807, 2.05) is 0 Å². The van der Waals surface area contributed by atoms with Crippen LogP contribution < -0.4 is 4.90 Å². The van der Waals surface area contributed by atoms with Crippen LogP contribution in [0.1, 0.15) is 0 Å². The maximum absolute atomic E-state index is 2.41. The minimum absolute atomic E-state index is 1.09. The topological polar surface area (TPSA) is 8.17 Å². The van der Waals surface area contributed by atoms with E-state index in [1.54, 1.807) is 0 Å². The van der Waals surface area contributed by atoms with Crippen molar-refractivity contribution >= 4 is 60.4 Å². The average Bonchev–Trinajstić information content (AvgIpc) is 3.64. The molecule has 2 heteroatoms. The monoisotopic (exact) mass is 738 g/mol. The van der Waals surface area contributed by atoms with Gasteiger partial charge < -0.3 is 9.47 Å². The zero-order valence-corrected chi connectivity index (χ0v) is 31.8. The molecule has 0 aliphatic heterocycles. The fraction of sp³-hybridized carbons (Fsp3) is 0. The van der Waals surface area contributed by atoms with Crippen LogP contribution in [0.2, 0.25) is 0 Å². The molecule has 0 bridgehead atoms. The molecule has 0 radical (unpaired) electrons. The van der Waals surface area contributed by atoms with E-state index in [9.17, 15) is 0 Å². The molecule has 2 nitrogen and oxygen atoms in total. The van der Waals surface area contributed by atoms with E-state index in [0.29, 0.717) is 0 Å². The lowest BCUT2D eigenvalue weighted by atomic mass is 9.93. The zero-order chi connectivity index (χ0) is 38.4. The van der Waals surface area contributed by atoms with Gasteiger partial charge in [-0.2, -0.15) is 0 Å². The van der Waals surface area contributed by atoms with Crippen LogP contribution in [0.3, 0.4) is 0 Å². The van der Waals surface area contributed by atoms with Gasteiger partial charge in [-0.1, -0.05) is 170 Å². The summed E-state index contributed by atoms with van der Waals surface area (Å²) in [6, 6.07) is 83.8. The van der Waals surface area contributed by atoms with Crippen LogP contribution in [0.5, 0.6) is 0 Å². The third-order valence-electron chi connectivity index (χ3n) is 11.6. The molecule has 0 fully saturated rings. The molecule has 0 amide bonds. The fourth-order valence-electron chi connectivity index (χ4n) is 8.80. The van der Waals surface area contributed by atoms with E-state index in [-0.39, 0.29) is 0 Å². The van der Waals surface area contributed by atoms with Gasteiger partial charge in [0.15, 0.2) is 0 Å². The molecule has 0 aliphatic carbocycles. The lowest BCUT2D eigenvalue weighted by Gasteiger charge is -2.28. The summed E-state index contributed by atoms with van der Waals surface area (Å²) in [7, 11) is 0. The minimum atomic E-state index is 1.09. The Hall–Kier alpha value is -7.68. The van der Waals surface area contributed by atoms with Crippen molar-refractivity contribution in [3.05, 3.63) is 231 Å². The Labute approximate surface area is 338 Å². The molecule has 0 spiro atoms. The van der Waals surface area contributed by atoms with Gasteiger partial charge in [-0.3, -0.25) is 0 Å². The molecule has 272 valence electrons. The van der Waals surface area contributed by atoms with Gasteiger partial charge >= 0.3 is 0 Å². The molecule has 58 heavy (non-hydrogen) atoms. The summed E-state index contributed by atoms with van der Waals surface area (Å²) in [4.78, 5) is 2.41. The van der Waals surface area contributed by atoms with Gasteiger partial charge in [-0.25, -0.2) is 0 Å². The largest absolute Gasteiger partial charge is 0.310 e. The predicted molar refractivity (Wildman–Crippen MR) is 247 cm³/mol. The summed E-state index contributed by atoms with van der Waals surface area (Å²) >= 11 is 0. The van der Waals surface area contributed by atoms with E-state index in [1.165, 1.54) is 76.7 Å². The van der Waals surface area contributed by atoms with Crippen LogP contribution in [-0.2, 0) is 0 Å². The number of para-hydroxylation sites is 2. The van der Waals surface area contributed by atoms with Crippen molar-refractivity contribution in [2.24, 2.45) is 0 Å². The third kappa shape index (κ3) is 5.82. The summed E-state index contributed by atoms with van der Waals surface area (Å²) in [6.45, 7) is 0. The molecule has 1 heterocycles. The summed E-state index contributed by atoms with van der Waals surface area (Å²) in [5.74, 6) is 0. The third-order valence-corrected chi connectivity index (χ3v) is 11.6. The van der Waals surface area contributed by atoms with Crippen LogP contribution >= 0.6 is 0 Å². The van der Waals surface area contributed by atoms with Crippen molar-refractivity contribution in [3.63, 3.8) is 0 Å². The lowest BCUT2D eigenvalue weighted by molar-refractivity contribution is 1.18. The molecule has 10 aromatic carbocycles. The molecule has 11 aromatic rings. The number of hydrogen-bond acceptors (Lipinski definition) is 1. The second-order valence-corrected chi connectivity index (χ2v) is 15.0. The van der Waals surface area contributed by atoms with Gasteiger partial charge in [0.1, 0.15) is 0 Å². The second kappa shape index (κ2) is 14.1. The number of rotatable bonds is 7. The molecule has 0 atom stereocenters. The second-order valence-electron chi connectivity index (χ2n) is 15.0. The van der Waals surface area contributed by atoms with E-state index in [2.05, 4.69) is 240 Å². The van der Waals surface area contributed by atoms with Crippen LogP contribution in [0.4, 0.5) is 17.1 Å². The molecule has 0 saturated carbocycles. The summed E-state index contributed by atoms with van der Waals surface area (Å²) < 4.78 is 2.40. The molecule has 11 rings (SSSR count). The molecule has 1 aromatic heterocycles. The number of nitrogens with zero attached hydrogens (tertiary/aromatic N) is 2. The van der Waals surface area contributed by atoms with Crippen LogP contribution in [-0.4, -0.2) is 4.57 Å². The van der Waals surface area contributed by atoms with Gasteiger partial charge in [-0.05, 0) is 110 Å². The number of aromatic nitrogens is 1. The SMILES string of the molecule is c1ccc(-c2cc(N(c3ccc(-c4ccc5ccccc5c4)cc3)c3cccc4ccccc34)ccc2-c2cccc(-n3c4ccccc4c4ccccc43)c2)cc1. The van der Waals surface area contributed by atoms with Crippen LogP contribution in [0, 0.1) is 0 Å². The van der Waals surface area contributed by atoms with Crippen molar-refractivity contribution in [3.8, 4) is 39.1 Å². The quantitative estimate of drug-likeness (QED) is 0.158. The molecule has 0 aliphatic rings. The van der Waals surface area contributed by atoms with E-state index in [4.69, 9.17) is 0 Å². The van der Waals surface area contributed by atoms with Crippen molar-refractivity contribution in [2.75, 3.05) is 4.90 Å². The Morgan fingerprint density at radius 2 is 0.879 bits per heavy atom. The van der Waals surface area contributed by atoms with Crippen molar-refractivity contribution in [1.29, 1.82) is 0 Å². The van der Waals surface area contributed by atoms with Crippen molar-refractivity contribution in [1.82, 2.24) is 4.57 Å². The smallest absolute Gasteiger partial charge is 0.0541 e. The summed E-state index contributed by atoms with van der Waals surface area (Å²) in [5, 5.41) is 7.43. The maximum Gasteiger partial charge on any atom is 0.0541 e. The Morgan fingerprint density at radius 3 is 1.66 bits per heavy atom. The first-order valence-corrected chi connectivity index (χ1v) is 19.9. The molecule has 0 unspecified atom stereocenters. The fourth-order valence-corrected chi connectivity index (χ4v) is 8.80. The van der Waals surface area contributed by atoms with Crippen molar-refractivity contribution < 1.29 is 0 Å². The highest BCUT2D eigenvalue weighted by molar-refractivity contribution is 6.09. The highest BCUT2D eigenvalue weighted by Gasteiger charge is 2.19. The lowest BCUT2D eigenvalue weighted by Crippen LogP contribution is -2.11. The molecular weight excluding hydrogens is 701 g/mol. The zero-order valence-electron chi connectivity index (χ0n) is 31.8. The van der Waals surface area contributed by atoms with E-state index < -0.39 is 0 Å². The van der Waals surface area contributed by atoms with E-state index >= 15 is 0 Å². The van der Waals surface area contributed by atoms with Gasteiger partial charge in [0.05, 0.1) is 16.7 Å². The minimum Gasteiger partial charge on any atom is -0.310 e. The number of benzene rings is 10. The standard InChI is InChI=1S/C56H38N2/c1-2-15-42(16-3-1)53-38-48(34-35-49(53)45-20-12-21-47(37-45)58-55-25-10-8-23-51(55)52-24-9-11-26-56(52)58)57(54-27-13-19-41-17-6-7-22-50(41)54)46-32-30-40(31-33-46)44-29-28-39-14-4-5-18-43(39)36-44/h1-38H. The Morgan fingerprint density at radius 1 is 0.293 bits per heavy atom. The normalized spacial score (nSPS) is 11.4. The van der Waals surface area contributed by atoms with Gasteiger partial charge in [0.2, 0.25) is 0 Å². The molecule has 0 N–H and O–H groups in total. The first-order valence-electron chi connectivity index (χ1n) is 19.9. The van der Waals surface area contributed by atoms with Gasteiger partial charge in [-0.15, -0.1) is 0 Å². The Balaban J connectivity index is 1.08. The van der Waals surface area contributed by atoms with E-state index in [0.717, 1.165) is 22.7 Å². The van der Waals surface area contributed by atoms with Gasteiger partial charge in [0.25, 0.3) is 0 Å². The van der Waals surface area contributed by atoms with Crippen molar-refractivity contribution in [2.45, 2.75) is 0 Å². The highest BCUT2D eigenvalue weighted by atomic mass is 15.1. The molecular formula is C56H38N2. The number of hydrogen-bond donors (Lipinski definition) is 0. The Bertz CT molecular complexity index is 3220. The number of fused-ring (bicyclic) bond motifs is 5. The highest BCUT2D eigenvalue weighted by Crippen LogP contribution is 2.44. The molecule has 0 saturated heterocycles. The first kappa shape index (κ1) is 33.6. The van der Waals surface area contributed by atoms with Gasteiger partial charge in [0, 0.05) is 33.2 Å². The summed E-state index contributed by atoms with van der Waals surface area (Å²) in [5.41, 5.74) is 14.0. The summed E-state index contributed by atoms with van der Waals surface area (Å²) in [6.07, 6.45) is 0. The van der Waals surface area contributed by atoms with Crippen LogP contribution in [0.15, 0.2) is 231 Å². The average molecular weight is 739 g/mol. The first-order chi connectivity index (χ1) is 28.8. The Kier molecular flexibility index (Phi) is 8.19. The van der Waals surface area contributed by atoms with Crippen LogP contribution in [0.25, 0.3) is 82.4 Å².